The number of carbonyl (C=O) groups excluding carboxylic acids is 3. The summed E-state index contributed by atoms with van der Waals surface area (Å²) >= 11 is 0. The van der Waals surface area contributed by atoms with E-state index in [4.69, 9.17) is 24.1 Å². The molecule has 5 N–H and O–H groups in total. The van der Waals surface area contributed by atoms with E-state index in [1.54, 1.807) is 69.4 Å². The van der Waals surface area contributed by atoms with E-state index in [1.807, 2.05) is 48.5 Å². The van der Waals surface area contributed by atoms with E-state index in [2.05, 4.69) is 33.9 Å². The first kappa shape index (κ1) is 90.9. The molecule has 0 aromatic rings. The Morgan fingerprint density at radius 2 is 0.900 bits per heavy atom. The van der Waals surface area contributed by atoms with Crippen molar-refractivity contribution in [2.75, 3.05) is 7.11 Å². The quantitative estimate of drug-likeness (QED) is 0.0267. The number of esters is 3. The maximum atomic E-state index is 12.7. The van der Waals surface area contributed by atoms with Crippen LogP contribution in [-0.4, -0.2) is 110 Å². The lowest BCUT2D eigenvalue weighted by Crippen LogP contribution is -2.47. The predicted octanol–water partition coefficient (Wildman–Crippen LogP) is 19.0. The van der Waals surface area contributed by atoms with Crippen molar-refractivity contribution in [2.24, 2.45) is 56.7 Å². The zero-order valence-electron chi connectivity index (χ0n) is 59.8. The normalized spacial score (nSPS) is 20.6. The molecule has 3 aliphatic carbocycles. The monoisotopic (exact) mass is 1320 g/mol. The fraction of sp³-hybridized carbons (Fsp3) is 0.899. The van der Waals surface area contributed by atoms with Crippen molar-refractivity contribution in [3.63, 3.8) is 0 Å². The average Bonchev–Trinajstić information content (AvgIpc) is 1.95. The van der Waals surface area contributed by atoms with E-state index in [1.165, 1.54) is 32.6 Å². The highest BCUT2D eigenvalue weighted by Crippen LogP contribution is 2.52. The fourth-order valence-electron chi connectivity index (χ4n) is 9.63. The van der Waals surface area contributed by atoms with Gasteiger partial charge in [-0.15, -0.1) is 0 Å². The molecule has 0 radical (unpaired) electrons. The minimum Gasteiger partial charge on any atom is -0.512 e. The lowest BCUT2D eigenvalue weighted by Gasteiger charge is -2.35. The lowest BCUT2D eigenvalue weighted by atomic mass is 9.81. The van der Waals surface area contributed by atoms with Crippen LogP contribution in [0.5, 0.6) is 0 Å². The SMILES string of the molecule is C=C(O)C(C)(CC)C(F)(F)F.C=C(OC)C(C)(C)CC.CC(O)(CC1CC2CCC1C2)C(F)(F)F.CCC(C)(C)C(=O)OC(C)CC(C)(C)O.CCC(C)(C)C(=O)OC(CC(C)(C)O)C1CCCCC1.CCC(C)(C)C(=O)OC(CC(C)(O)C(F)(F)F)C(C)C. The Bertz CT molecular complexity index is 2130. The zero-order chi connectivity index (χ0) is 72.1. The smallest absolute Gasteiger partial charge is 0.417 e. The molecule has 9 atom stereocenters. The van der Waals surface area contributed by atoms with E-state index < -0.39 is 86.8 Å². The van der Waals surface area contributed by atoms with Crippen LogP contribution in [0.2, 0.25) is 0 Å². The van der Waals surface area contributed by atoms with Crippen LogP contribution in [0.1, 0.15) is 275 Å². The molecule has 9 unspecified atom stereocenters. The molecule has 12 nitrogen and oxygen atoms in total. The van der Waals surface area contributed by atoms with Crippen LogP contribution in [0.15, 0.2) is 24.7 Å². The number of aliphatic hydroxyl groups excluding tert-OH is 1. The Hall–Kier alpha value is -3.30. The standard InChI is InChI=1S/C17H32O3.C14H25F3O3.C12H24O3.C11H17F3O.C8H16O.C7H11F3O/c1-6-16(2,3)15(18)20-14(12-17(4,5)19)13-10-8-7-9-11-13;1-7-12(4,5)11(18)20-10(9(2)3)8-13(6,19)14(15,16)17;1-7-11(3,4)10(13)15-9(2)8-12(5,6)14;1-10(15,11(12,13)14)6-9-5-7-2-3-8(9)4-7;1-6-8(3,4)7(2)9-5;1-4-6(3,5(2)11)7(8,9)10/h13-14,19H,6-12H2,1-5H3;9-10,19H,7-8H2,1-6H3;9,14H,7-8H2,1-6H3;7-9,15H,2-6H2,1H3;2,6H2,1,3-5H3;11H,2,4H2,1,3H3. The number of rotatable bonds is 24. The minimum absolute atomic E-state index is 0.0837. The second kappa shape index (κ2) is 36.5. The van der Waals surface area contributed by atoms with Crippen molar-refractivity contribution in [1.29, 1.82) is 0 Å². The van der Waals surface area contributed by atoms with E-state index in [0.717, 1.165) is 71.0 Å². The molecule has 0 amide bonds. The highest BCUT2D eigenvalue weighted by Gasteiger charge is 2.55. The summed E-state index contributed by atoms with van der Waals surface area (Å²) in [4.78, 5) is 36.0. The number of ether oxygens (including phenoxy) is 4. The van der Waals surface area contributed by atoms with Gasteiger partial charge < -0.3 is 44.5 Å². The molecule has 3 fully saturated rings. The Morgan fingerprint density at radius 3 is 1.18 bits per heavy atom. The van der Waals surface area contributed by atoms with Gasteiger partial charge in [-0.3, -0.25) is 14.4 Å². The second-order valence-corrected chi connectivity index (χ2v) is 30.4. The summed E-state index contributed by atoms with van der Waals surface area (Å²) in [6, 6.07) is 0. The molecule has 3 aliphatic rings. The van der Waals surface area contributed by atoms with Crippen LogP contribution in [-0.2, 0) is 33.3 Å². The van der Waals surface area contributed by atoms with Gasteiger partial charge in [0.25, 0.3) is 0 Å². The van der Waals surface area contributed by atoms with Gasteiger partial charge in [0.1, 0.15) is 29.5 Å². The molecule has 0 aromatic heterocycles. The van der Waals surface area contributed by atoms with Gasteiger partial charge in [0.05, 0.1) is 40.3 Å². The Kier molecular flexibility index (Phi) is 36.9. The van der Waals surface area contributed by atoms with Crippen LogP contribution in [0.3, 0.4) is 0 Å². The van der Waals surface area contributed by atoms with Crippen molar-refractivity contribution in [3.8, 4) is 0 Å². The first-order chi connectivity index (χ1) is 40.1. The van der Waals surface area contributed by atoms with Gasteiger partial charge in [0.2, 0.25) is 0 Å². The number of hydrogen-bond donors (Lipinski definition) is 5. The molecule has 21 heteroatoms. The molecule has 3 saturated carbocycles. The molecule has 2 bridgehead atoms. The molecule has 536 valence electrons. The van der Waals surface area contributed by atoms with E-state index in [-0.39, 0.29) is 54.2 Å². The Labute approximate surface area is 537 Å². The van der Waals surface area contributed by atoms with Crippen LogP contribution in [0.25, 0.3) is 0 Å². The van der Waals surface area contributed by atoms with E-state index in [0.29, 0.717) is 43.9 Å². The minimum atomic E-state index is -4.76. The topological polar surface area (TPSA) is 189 Å². The van der Waals surface area contributed by atoms with Gasteiger partial charge in [-0.25, -0.2) is 0 Å². The van der Waals surface area contributed by atoms with Gasteiger partial charge in [0, 0.05) is 24.7 Å². The maximum absolute atomic E-state index is 12.7. The Morgan fingerprint density at radius 1 is 0.500 bits per heavy atom. The van der Waals surface area contributed by atoms with Crippen LogP contribution in [0.4, 0.5) is 39.5 Å². The molecule has 90 heavy (non-hydrogen) atoms. The number of aliphatic hydroxyl groups is 5. The van der Waals surface area contributed by atoms with Crippen molar-refractivity contribution in [3.05, 3.63) is 24.7 Å². The molecular weight excluding hydrogens is 1190 g/mol. The number of fused-ring (bicyclic) bond motifs is 2. The molecule has 0 aliphatic heterocycles. The summed E-state index contributed by atoms with van der Waals surface area (Å²) in [5.41, 5.74) is -10.6. The summed E-state index contributed by atoms with van der Waals surface area (Å²) in [7, 11) is 1.67. The highest BCUT2D eigenvalue weighted by molar-refractivity contribution is 5.77. The van der Waals surface area contributed by atoms with Gasteiger partial charge >= 0.3 is 36.4 Å². The van der Waals surface area contributed by atoms with Crippen LogP contribution < -0.4 is 0 Å². The molecule has 0 heterocycles. The van der Waals surface area contributed by atoms with E-state index in [9.17, 15) is 74.3 Å². The number of alkyl halides is 9. The molecule has 0 spiro atoms. The number of carbonyl (C=O) groups is 3. The van der Waals surface area contributed by atoms with Crippen molar-refractivity contribution in [2.45, 2.75) is 334 Å². The first-order valence-electron chi connectivity index (χ1n) is 32.4. The Balaban J connectivity index is -0.00000103. The average molecular weight is 1320 g/mol. The third kappa shape index (κ3) is 32.2. The van der Waals surface area contributed by atoms with Crippen molar-refractivity contribution in [1.82, 2.24) is 0 Å². The second-order valence-electron chi connectivity index (χ2n) is 30.4. The zero-order valence-corrected chi connectivity index (χ0v) is 59.8. The summed E-state index contributed by atoms with van der Waals surface area (Å²) in [5, 5.41) is 47.3. The third-order valence-corrected chi connectivity index (χ3v) is 18.8. The van der Waals surface area contributed by atoms with Crippen molar-refractivity contribution < 1.29 is 98.4 Å². The number of halogens is 9. The summed E-state index contributed by atoms with van der Waals surface area (Å²) in [6.07, 6.45) is -1.81. The van der Waals surface area contributed by atoms with Gasteiger partial charge in [0.15, 0.2) is 11.2 Å². The largest absolute Gasteiger partial charge is 0.512 e. The third-order valence-electron chi connectivity index (χ3n) is 18.8. The number of methoxy groups -OCH3 is 1. The predicted molar refractivity (Wildman–Crippen MR) is 339 cm³/mol. The van der Waals surface area contributed by atoms with Gasteiger partial charge in [-0.2, -0.15) is 39.5 Å². The number of hydrogen-bond acceptors (Lipinski definition) is 12. The molecular formula is C69H125F9O12. The fourth-order valence-corrected chi connectivity index (χ4v) is 9.63. The summed E-state index contributed by atoms with van der Waals surface area (Å²) in [6.45, 7) is 45.8. The molecule has 0 aromatic carbocycles. The van der Waals surface area contributed by atoms with E-state index >= 15 is 0 Å². The summed E-state index contributed by atoms with van der Waals surface area (Å²) < 4.78 is 133. The van der Waals surface area contributed by atoms with Crippen LogP contribution >= 0.6 is 0 Å². The molecule has 0 saturated heterocycles. The summed E-state index contributed by atoms with van der Waals surface area (Å²) in [5.74, 6) is 0.413. The van der Waals surface area contributed by atoms with Gasteiger partial charge in [-0.1, -0.05) is 101 Å². The molecule has 3 rings (SSSR count). The van der Waals surface area contributed by atoms with Crippen LogP contribution in [0, 0.1) is 56.7 Å². The highest BCUT2D eigenvalue weighted by atomic mass is 19.4. The lowest BCUT2D eigenvalue weighted by molar-refractivity contribution is -0.263. The maximum Gasteiger partial charge on any atom is 0.417 e. The van der Waals surface area contributed by atoms with Gasteiger partial charge in [-0.05, 0) is 197 Å². The number of allylic oxidation sites excluding steroid dienone is 2. The van der Waals surface area contributed by atoms with Crippen molar-refractivity contribution >= 4 is 17.9 Å². The first-order valence-corrected chi connectivity index (χ1v) is 32.4.